The number of carbonyl (C=O) groups excluding carboxylic acids is 1. The third kappa shape index (κ3) is 3.62. The van der Waals surface area contributed by atoms with Gasteiger partial charge in [-0.2, -0.15) is 0 Å². The lowest BCUT2D eigenvalue weighted by Crippen LogP contribution is -2.18. The van der Waals surface area contributed by atoms with Crippen molar-refractivity contribution in [2.45, 2.75) is 4.90 Å². The topological polar surface area (TPSA) is 105 Å². The fourth-order valence-corrected chi connectivity index (χ4v) is 3.17. The smallest absolute Gasteiger partial charge is 0.291 e. The van der Waals surface area contributed by atoms with Crippen molar-refractivity contribution in [1.82, 2.24) is 4.72 Å². The van der Waals surface area contributed by atoms with Crippen LogP contribution in [0.2, 0.25) is 5.02 Å². The van der Waals surface area contributed by atoms with Gasteiger partial charge in [-0.15, -0.1) is 0 Å². The highest BCUT2D eigenvalue weighted by Gasteiger charge is 2.14. The molecule has 26 heavy (non-hydrogen) atoms. The number of sulfonamides is 1. The van der Waals surface area contributed by atoms with Gasteiger partial charge in [-0.05, 0) is 49.5 Å². The van der Waals surface area contributed by atoms with E-state index in [9.17, 15) is 18.0 Å². The number of rotatable bonds is 4. The molecule has 0 atom stereocenters. The average molecular weight is 393 g/mol. The first-order chi connectivity index (χ1) is 12.3. The molecule has 2 aromatic carbocycles. The number of benzene rings is 2. The maximum atomic E-state index is 12.3. The van der Waals surface area contributed by atoms with Crippen LogP contribution < -0.4 is 15.5 Å². The Hall–Kier alpha value is -2.68. The maximum Gasteiger partial charge on any atom is 0.291 e. The van der Waals surface area contributed by atoms with Crippen molar-refractivity contribution in [3.8, 4) is 0 Å². The van der Waals surface area contributed by atoms with Gasteiger partial charge in [-0.3, -0.25) is 9.59 Å². The number of hydrogen-bond acceptors (Lipinski definition) is 5. The molecule has 0 aliphatic carbocycles. The molecule has 0 spiro atoms. The zero-order valence-corrected chi connectivity index (χ0v) is 15.0. The van der Waals surface area contributed by atoms with Crippen LogP contribution in [0.1, 0.15) is 10.6 Å². The Bertz CT molecular complexity index is 1150. The number of carbonyl (C=O) groups is 1. The molecule has 0 bridgehead atoms. The molecule has 0 unspecified atom stereocenters. The summed E-state index contributed by atoms with van der Waals surface area (Å²) in [5, 5.41) is 3.21. The first kappa shape index (κ1) is 18.1. The third-order valence-corrected chi connectivity index (χ3v) is 5.27. The van der Waals surface area contributed by atoms with Gasteiger partial charge in [0.05, 0.1) is 10.3 Å². The van der Waals surface area contributed by atoms with Crippen LogP contribution in [-0.4, -0.2) is 21.4 Å². The molecule has 1 amide bonds. The number of halogens is 1. The monoisotopic (exact) mass is 392 g/mol. The van der Waals surface area contributed by atoms with Gasteiger partial charge in [0, 0.05) is 16.8 Å². The summed E-state index contributed by atoms with van der Waals surface area (Å²) in [4.78, 5) is 24.5. The second-order valence-corrected chi connectivity index (χ2v) is 7.62. The van der Waals surface area contributed by atoms with E-state index in [1.165, 1.54) is 43.4 Å². The van der Waals surface area contributed by atoms with E-state index in [-0.39, 0.29) is 21.6 Å². The van der Waals surface area contributed by atoms with Crippen LogP contribution in [0.3, 0.4) is 0 Å². The number of nitrogens with one attached hydrogen (secondary N) is 2. The van der Waals surface area contributed by atoms with E-state index in [2.05, 4.69) is 10.0 Å². The minimum absolute atomic E-state index is 0.0621. The molecule has 134 valence electrons. The number of fused-ring (bicyclic) bond motifs is 1. The van der Waals surface area contributed by atoms with Crippen LogP contribution in [0.15, 0.2) is 62.6 Å². The summed E-state index contributed by atoms with van der Waals surface area (Å²) in [7, 11) is -2.26. The summed E-state index contributed by atoms with van der Waals surface area (Å²) in [5.41, 5.74) is 0.195. The van der Waals surface area contributed by atoms with Crippen LogP contribution in [-0.2, 0) is 10.0 Å². The van der Waals surface area contributed by atoms with Crippen molar-refractivity contribution >= 4 is 44.2 Å². The number of amides is 1. The Kier molecular flexibility index (Phi) is 4.82. The molecule has 3 rings (SSSR count). The normalized spacial score (nSPS) is 11.5. The van der Waals surface area contributed by atoms with E-state index in [0.29, 0.717) is 10.7 Å². The van der Waals surface area contributed by atoms with Crippen LogP contribution >= 0.6 is 11.6 Å². The van der Waals surface area contributed by atoms with Crippen molar-refractivity contribution in [3.63, 3.8) is 0 Å². The second-order valence-electron chi connectivity index (χ2n) is 5.30. The Labute approximate surface area is 153 Å². The van der Waals surface area contributed by atoms with Gasteiger partial charge >= 0.3 is 0 Å². The van der Waals surface area contributed by atoms with Gasteiger partial charge in [0.1, 0.15) is 5.58 Å². The zero-order chi connectivity index (χ0) is 18.9. The highest BCUT2D eigenvalue weighted by molar-refractivity contribution is 7.89. The van der Waals surface area contributed by atoms with E-state index in [1.54, 1.807) is 6.07 Å². The van der Waals surface area contributed by atoms with Gasteiger partial charge in [0.2, 0.25) is 10.0 Å². The molecule has 0 aliphatic heterocycles. The highest BCUT2D eigenvalue weighted by Crippen LogP contribution is 2.19. The summed E-state index contributed by atoms with van der Waals surface area (Å²) >= 11 is 5.85. The molecule has 9 heteroatoms. The first-order valence-corrected chi connectivity index (χ1v) is 9.24. The summed E-state index contributed by atoms with van der Waals surface area (Å²) in [6.45, 7) is 0. The van der Waals surface area contributed by atoms with Gasteiger partial charge in [0.25, 0.3) is 5.91 Å². The van der Waals surface area contributed by atoms with Gasteiger partial charge in [-0.1, -0.05) is 11.6 Å². The summed E-state index contributed by atoms with van der Waals surface area (Å²) in [6, 6.07) is 11.2. The van der Waals surface area contributed by atoms with Gasteiger partial charge in [-0.25, -0.2) is 13.1 Å². The molecule has 1 heterocycles. The third-order valence-electron chi connectivity index (χ3n) is 3.60. The van der Waals surface area contributed by atoms with Crippen molar-refractivity contribution in [2.24, 2.45) is 0 Å². The molecule has 3 aromatic rings. The summed E-state index contributed by atoms with van der Waals surface area (Å²) < 4.78 is 31.0. The lowest BCUT2D eigenvalue weighted by molar-refractivity contribution is 0.0997. The summed E-state index contributed by atoms with van der Waals surface area (Å²) in [6.07, 6.45) is 0. The highest BCUT2D eigenvalue weighted by atomic mass is 35.5. The van der Waals surface area contributed by atoms with Crippen molar-refractivity contribution in [1.29, 1.82) is 0 Å². The minimum atomic E-state index is -3.56. The SMILES string of the molecule is CNS(=O)(=O)c1ccc(NC(=O)c2cc(=O)c3cc(Cl)ccc3o2)cc1. The fourth-order valence-electron chi connectivity index (χ4n) is 2.27. The van der Waals surface area contributed by atoms with E-state index >= 15 is 0 Å². The lowest BCUT2D eigenvalue weighted by Gasteiger charge is -2.07. The maximum absolute atomic E-state index is 12.3. The van der Waals surface area contributed by atoms with Gasteiger partial charge < -0.3 is 9.73 Å². The first-order valence-electron chi connectivity index (χ1n) is 7.38. The fraction of sp³-hybridized carbons (Fsp3) is 0.0588. The Morgan fingerprint density at radius 2 is 1.77 bits per heavy atom. The Morgan fingerprint density at radius 1 is 1.08 bits per heavy atom. The molecule has 0 saturated heterocycles. The zero-order valence-electron chi connectivity index (χ0n) is 13.4. The van der Waals surface area contributed by atoms with E-state index in [4.69, 9.17) is 16.0 Å². The number of anilines is 1. The molecule has 1 aromatic heterocycles. The van der Waals surface area contributed by atoms with E-state index in [0.717, 1.165) is 6.07 Å². The van der Waals surface area contributed by atoms with Crippen LogP contribution in [0.5, 0.6) is 0 Å². The van der Waals surface area contributed by atoms with Crippen molar-refractivity contribution < 1.29 is 17.6 Å². The van der Waals surface area contributed by atoms with Crippen LogP contribution in [0.4, 0.5) is 5.69 Å². The van der Waals surface area contributed by atoms with E-state index in [1.807, 2.05) is 0 Å². The van der Waals surface area contributed by atoms with Crippen LogP contribution in [0, 0.1) is 0 Å². The average Bonchev–Trinajstić information content (AvgIpc) is 2.62. The molecule has 0 radical (unpaired) electrons. The predicted molar refractivity (Wildman–Crippen MR) is 98.1 cm³/mol. The quantitative estimate of drug-likeness (QED) is 0.710. The number of hydrogen-bond donors (Lipinski definition) is 2. The molecular weight excluding hydrogens is 380 g/mol. The molecule has 2 N–H and O–H groups in total. The molecule has 0 saturated carbocycles. The van der Waals surface area contributed by atoms with Gasteiger partial charge in [0.15, 0.2) is 11.2 Å². The molecule has 0 fully saturated rings. The largest absolute Gasteiger partial charge is 0.451 e. The standard InChI is InChI=1S/C17H13ClN2O5S/c1-19-26(23,24)12-5-3-11(4-6-12)20-17(22)16-9-14(21)13-8-10(18)2-7-15(13)25-16/h2-9,19H,1H3,(H,20,22). The van der Waals surface area contributed by atoms with Crippen LogP contribution in [0.25, 0.3) is 11.0 Å². The van der Waals surface area contributed by atoms with E-state index < -0.39 is 21.4 Å². The lowest BCUT2D eigenvalue weighted by atomic mass is 10.2. The molecular formula is C17H13ClN2O5S. The molecule has 0 aliphatic rings. The second kappa shape index (κ2) is 6.91. The van der Waals surface area contributed by atoms with Crippen molar-refractivity contribution in [3.05, 3.63) is 69.5 Å². The molecule has 7 nitrogen and oxygen atoms in total. The predicted octanol–water partition coefficient (Wildman–Crippen LogP) is 2.61. The van der Waals surface area contributed by atoms with Crippen molar-refractivity contribution in [2.75, 3.05) is 12.4 Å². The Morgan fingerprint density at radius 3 is 2.42 bits per heavy atom. The summed E-state index contributed by atoms with van der Waals surface area (Å²) in [5.74, 6) is -0.806. The Balaban J connectivity index is 1.87. The minimum Gasteiger partial charge on any atom is -0.451 e.